The zero-order valence-electron chi connectivity index (χ0n) is 15.8. The monoisotopic (exact) mass is 361 g/mol. The molecule has 0 radical (unpaired) electrons. The van der Waals surface area contributed by atoms with Crippen LogP contribution in [0.3, 0.4) is 0 Å². The van der Waals surface area contributed by atoms with E-state index in [2.05, 4.69) is 52.8 Å². The van der Waals surface area contributed by atoms with E-state index < -0.39 is 0 Å². The first kappa shape index (κ1) is 18.5. The summed E-state index contributed by atoms with van der Waals surface area (Å²) in [5.74, 6) is 0.168. The first-order valence-corrected chi connectivity index (χ1v) is 8.92. The Labute approximate surface area is 158 Å². The summed E-state index contributed by atoms with van der Waals surface area (Å²) in [6.07, 6.45) is 3.70. The summed E-state index contributed by atoms with van der Waals surface area (Å²) < 4.78 is 0. The number of carbonyl (C=O) groups excluding carboxylic acids is 1. The minimum absolute atomic E-state index is 0.0188. The predicted molar refractivity (Wildman–Crippen MR) is 108 cm³/mol. The van der Waals surface area contributed by atoms with Gasteiger partial charge in [-0.25, -0.2) is 5.43 Å². The fourth-order valence-corrected chi connectivity index (χ4v) is 2.80. The van der Waals surface area contributed by atoms with E-state index in [0.717, 1.165) is 22.2 Å². The van der Waals surface area contributed by atoms with Gasteiger partial charge in [-0.05, 0) is 41.7 Å². The maximum Gasteiger partial charge on any atom is 0.263 e. The third kappa shape index (κ3) is 4.88. The Bertz CT molecular complexity index is 967. The number of aromatic nitrogens is 3. The third-order valence-corrected chi connectivity index (χ3v) is 4.07. The van der Waals surface area contributed by atoms with Crippen molar-refractivity contribution in [3.8, 4) is 0 Å². The van der Waals surface area contributed by atoms with Crippen molar-refractivity contribution in [1.29, 1.82) is 0 Å². The minimum atomic E-state index is -0.276. The summed E-state index contributed by atoms with van der Waals surface area (Å²) in [5, 5.41) is 12.5. The zero-order valence-corrected chi connectivity index (χ0v) is 15.8. The molecule has 6 nitrogen and oxygen atoms in total. The standard InChI is InChI=1S/C21H23N5O/c1-15(2)18-9-5-4-8-17(18)12-16(3)13-22-23-21(27)14-26-24-19-10-6-7-11-20(19)25-26/h4-13,15H,14H2,1-3H3,(H,23,27)/b16-12+,22-13-. The lowest BCUT2D eigenvalue weighted by atomic mass is 9.96. The van der Waals surface area contributed by atoms with Gasteiger partial charge in [0.15, 0.2) is 0 Å². The summed E-state index contributed by atoms with van der Waals surface area (Å²) in [6.45, 7) is 6.31. The highest BCUT2D eigenvalue weighted by molar-refractivity contribution is 5.86. The average Bonchev–Trinajstić information content (AvgIpc) is 3.04. The maximum absolute atomic E-state index is 12.0. The van der Waals surface area contributed by atoms with Crippen molar-refractivity contribution in [3.63, 3.8) is 0 Å². The Balaban J connectivity index is 1.60. The van der Waals surface area contributed by atoms with Crippen LogP contribution < -0.4 is 5.43 Å². The first-order valence-electron chi connectivity index (χ1n) is 8.92. The first-order chi connectivity index (χ1) is 13.0. The number of benzene rings is 2. The van der Waals surface area contributed by atoms with Crippen LogP contribution in [0.15, 0.2) is 59.2 Å². The Kier molecular flexibility index (Phi) is 5.76. The van der Waals surface area contributed by atoms with Crippen LogP contribution in [0.4, 0.5) is 0 Å². The van der Waals surface area contributed by atoms with Gasteiger partial charge in [0.1, 0.15) is 17.6 Å². The van der Waals surface area contributed by atoms with E-state index in [1.807, 2.05) is 43.3 Å². The predicted octanol–water partition coefficient (Wildman–Crippen LogP) is 3.76. The molecular weight excluding hydrogens is 338 g/mol. The van der Waals surface area contributed by atoms with Gasteiger partial charge in [-0.2, -0.15) is 20.1 Å². The van der Waals surface area contributed by atoms with E-state index in [1.54, 1.807) is 6.21 Å². The molecule has 0 aliphatic rings. The summed E-state index contributed by atoms with van der Waals surface area (Å²) in [7, 11) is 0. The number of hydrogen-bond acceptors (Lipinski definition) is 4. The molecule has 0 bridgehead atoms. The molecule has 0 saturated heterocycles. The van der Waals surface area contributed by atoms with E-state index in [4.69, 9.17) is 0 Å². The molecular formula is C21H23N5O. The topological polar surface area (TPSA) is 72.2 Å². The lowest BCUT2D eigenvalue weighted by Crippen LogP contribution is -2.24. The number of rotatable bonds is 6. The fourth-order valence-electron chi connectivity index (χ4n) is 2.80. The SMILES string of the molecule is CC(/C=N\NC(=O)Cn1nc2ccccc2n1)=C\c1ccccc1C(C)C. The number of amides is 1. The van der Waals surface area contributed by atoms with Gasteiger partial charge >= 0.3 is 0 Å². The molecule has 0 atom stereocenters. The molecule has 3 rings (SSSR count). The van der Waals surface area contributed by atoms with Gasteiger partial charge in [0.2, 0.25) is 0 Å². The number of fused-ring (bicyclic) bond motifs is 1. The normalized spacial score (nSPS) is 12.2. The molecule has 27 heavy (non-hydrogen) atoms. The molecule has 2 aromatic carbocycles. The number of nitrogens with zero attached hydrogens (tertiary/aromatic N) is 4. The van der Waals surface area contributed by atoms with E-state index >= 15 is 0 Å². The number of hydrazone groups is 1. The number of allylic oxidation sites excluding steroid dienone is 1. The molecule has 0 spiro atoms. The van der Waals surface area contributed by atoms with Gasteiger partial charge in [-0.1, -0.05) is 56.3 Å². The Hall–Kier alpha value is -3.28. The van der Waals surface area contributed by atoms with Crippen molar-refractivity contribution in [1.82, 2.24) is 20.4 Å². The highest BCUT2D eigenvalue weighted by Gasteiger charge is 2.06. The molecule has 3 aromatic rings. The van der Waals surface area contributed by atoms with Crippen molar-refractivity contribution in [3.05, 3.63) is 65.2 Å². The van der Waals surface area contributed by atoms with Gasteiger partial charge < -0.3 is 0 Å². The second kappa shape index (κ2) is 8.40. The molecule has 0 unspecified atom stereocenters. The fraction of sp³-hybridized carbons (Fsp3) is 0.238. The average molecular weight is 361 g/mol. The van der Waals surface area contributed by atoms with Gasteiger partial charge in [0, 0.05) is 0 Å². The van der Waals surface area contributed by atoms with Crippen LogP contribution in [-0.2, 0) is 11.3 Å². The van der Waals surface area contributed by atoms with Crippen LogP contribution in [0.1, 0.15) is 37.8 Å². The number of hydrogen-bond donors (Lipinski definition) is 1. The van der Waals surface area contributed by atoms with E-state index in [1.165, 1.54) is 10.4 Å². The Morgan fingerprint density at radius 1 is 1.11 bits per heavy atom. The molecule has 0 saturated carbocycles. The summed E-state index contributed by atoms with van der Waals surface area (Å²) in [6, 6.07) is 15.8. The van der Waals surface area contributed by atoms with Crippen molar-refractivity contribution in [2.75, 3.05) is 0 Å². The number of carbonyl (C=O) groups is 1. The van der Waals surface area contributed by atoms with Crippen LogP contribution in [0.25, 0.3) is 17.1 Å². The van der Waals surface area contributed by atoms with Crippen LogP contribution in [-0.4, -0.2) is 27.1 Å². The van der Waals surface area contributed by atoms with Crippen LogP contribution in [0.5, 0.6) is 0 Å². The molecule has 1 N–H and O–H groups in total. The maximum atomic E-state index is 12.0. The summed E-state index contributed by atoms with van der Waals surface area (Å²) >= 11 is 0. The quantitative estimate of drug-likeness (QED) is 0.537. The second-order valence-electron chi connectivity index (χ2n) is 6.68. The Morgan fingerprint density at radius 3 is 2.41 bits per heavy atom. The highest BCUT2D eigenvalue weighted by Crippen LogP contribution is 2.21. The van der Waals surface area contributed by atoms with Crippen LogP contribution >= 0.6 is 0 Å². The Morgan fingerprint density at radius 2 is 1.74 bits per heavy atom. The lowest BCUT2D eigenvalue weighted by Gasteiger charge is -2.09. The molecule has 138 valence electrons. The molecule has 0 fully saturated rings. The molecule has 0 aliphatic carbocycles. The van der Waals surface area contributed by atoms with Crippen LogP contribution in [0.2, 0.25) is 0 Å². The van der Waals surface area contributed by atoms with Crippen LogP contribution in [0, 0.1) is 0 Å². The molecule has 6 heteroatoms. The van der Waals surface area contributed by atoms with Gasteiger partial charge in [-0.3, -0.25) is 4.79 Å². The third-order valence-electron chi connectivity index (χ3n) is 4.07. The number of nitrogens with one attached hydrogen (secondary N) is 1. The van der Waals surface area contributed by atoms with Crippen molar-refractivity contribution >= 4 is 29.2 Å². The van der Waals surface area contributed by atoms with Crippen molar-refractivity contribution in [2.24, 2.45) is 5.10 Å². The van der Waals surface area contributed by atoms with Gasteiger partial charge in [-0.15, -0.1) is 0 Å². The van der Waals surface area contributed by atoms with E-state index in [9.17, 15) is 4.79 Å². The molecule has 1 amide bonds. The lowest BCUT2D eigenvalue weighted by molar-refractivity contribution is -0.122. The molecule has 1 heterocycles. The van der Waals surface area contributed by atoms with Gasteiger partial charge in [0.05, 0.1) is 6.21 Å². The van der Waals surface area contributed by atoms with E-state index in [0.29, 0.717) is 5.92 Å². The molecule has 0 aliphatic heterocycles. The largest absolute Gasteiger partial charge is 0.271 e. The molecule has 1 aromatic heterocycles. The van der Waals surface area contributed by atoms with Gasteiger partial charge in [0.25, 0.3) is 5.91 Å². The second-order valence-corrected chi connectivity index (χ2v) is 6.68. The van der Waals surface area contributed by atoms with Crippen molar-refractivity contribution < 1.29 is 4.79 Å². The zero-order chi connectivity index (χ0) is 19.2. The highest BCUT2D eigenvalue weighted by atomic mass is 16.2. The smallest absolute Gasteiger partial charge is 0.263 e. The van der Waals surface area contributed by atoms with Crippen molar-refractivity contribution in [2.45, 2.75) is 33.2 Å². The minimum Gasteiger partial charge on any atom is -0.271 e. The summed E-state index contributed by atoms with van der Waals surface area (Å²) in [5.41, 5.74) is 7.44. The summed E-state index contributed by atoms with van der Waals surface area (Å²) in [4.78, 5) is 13.4. The van der Waals surface area contributed by atoms with E-state index in [-0.39, 0.29) is 12.5 Å².